The van der Waals surface area contributed by atoms with Crippen LogP contribution in [0.1, 0.15) is 36.2 Å². The number of nitrogens with one attached hydrogen (secondary N) is 1. The first-order valence-corrected chi connectivity index (χ1v) is 5.51. The Kier molecular flexibility index (Phi) is 2.41. The van der Waals surface area contributed by atoms with Crippen molar-refractivity contribution in [2.45, 2.75) is 33.2 Å². The van der Waals surface area contributed by atoms with Gasteiger partial charge in [-0.15, -0.1) is 0 Å². The van der Waals surface area contributed by atoms with Crippen molar-refractivity contribution in [3.8, 4) is 0 Å². The van der Waals surface area contributed by atoms with Gasteiger partial charge in [0.15, 0.2) is 0 Å². The highest BCUT2D eigenvalue weighted by atomic mass is 16.4. The van der Waals surface area contributed by atoms with Crippen molar-refractivity contribution in [1.29, 1.82) is 0 Å². The van der Waals surface area contributed by atoms with Crippen LogP contribution in [0.15, 0.2) is 18.2 Å². The molecule has 0 radical (unpaired) electrons. The van der Waals surface area contributed by atoms with E-state index in [4.69, 9.17) is 5.11 Å². The number of hydrogen-bond donors (Lipinski definition) is 2. The maximum absolute atomic E-state index is 11.1. The van der Waals surface area contributed by atoms with E-state index < -0.39 is 5.97 Å². The van der Waals surface area contributed by atoms with Crippen molar-refractivity contribution < 1.29 is 9.90 Å². The predicted octanol–water partition coefficient (Wildman–Crippen LogP) is 2.90. The molecule has 16 heavy (non-hydrogen) atoms. The molecule has 1 atom stereocenters. The molecule has 2 rings (SSSR count). The largest absolute Gasteiger partial charge is 0.478 e. The van der Waals surface area contributed by atoms with Crippen LogP contribution in [0.5, 0.6) is 0 Å². The molecule has 0 saturated heterocycles. The SMILES string of the molecule is Cc1cccc(C(=O)O)c1NC1CC1(C)C. The van der Waals surface area contributed by atoms with E-state index in [1.807, 2.05) is 13.0 Å². The molecule has 0 heterocycles. The molecule has 0 spiro atoms. The van der Waals surface area contributed by atoms with Crippen LogP contribution in [0.2, 0.25) is 0 Å². The van der Waals surface area contributed by atoms with Crippen molar-refractivity contribution in [3.63, 3.8) is 0 Å². The summed E-state index contributed by atoms with van der Waals surface area (Å²) in [6.45, 7) is 6.30. The van der Waals surface area contributed by atoms with Gasteiger partial charge in [0.05, 0.1) is 11.3 Å². The minimum Gasteiger partial charge on any atom is -0.478 e. The van der Waals surface area contributed by atoms with E-state index in [1.165, 1.54) is 0 Å². The van der Waals surface area contributed by atoms with E-state index >= 15 is 0 Å². The fourth-order valence-electron chi connectivity index (χ4n) is 1.93. The minimum absolute atomic E-state index is 0.290. The molecule has 1 aliphatic carbocycles. The summed E-state index contributed by atoms with van der Waals surface area (Å²) in [6, 6.07) is 5.76. The molecule has 1 saturated carbocycles. The number of rotatable bonds is 3. The lowest BCUT2D eigenvalue weighted by atomic mass is 10.1. The van der Waals surface area contributed by atoms with Crippen molar-refractivity contribution in [1.82, 2.24) is 0 Å². The number of aryl methyl sites for hydroxylation is 1. The lowest BCUT2D eigenvalue weighted by Crippen LogP contribution is -2.13. The molecule has 0 aromatic heterocycles. The first kappa shape index (κ1) is 11.0. The van der Waals surface area contributed by atoms with E-state index in [9.17, 15) is 4.79 Å². The predicted molar refractivity (Wildman–Crippen MR) is 63.9 cm³/mol. The summed E-state index contributed by atoms with van der Waals surface area (Å²) < 4.78 is 0. The van der Waals surface area contributed by atoms with E-state index in [2.05, 4.69) is 19.2 Å². The number of benzene rings is 1. The number of para-hydroxylation sites is 1. The molecule has 1 aromatic rings. The van der Waals surface area contributed by atoms with Gasteiger partial charge in [0.2, 0.25) is 0 Å². The van der Waals surface area contributed by atoms with E-state index in [1.54, 1.807) is 12.1 Å². The summed E-state index contributed by atoms with van der Waals surface area (Å²) >= 11 is 0. The Bertz CT molecular complexity index is 438. The Hall–Kier alpha value is -1.51. The average Bonchev–Trinajstić information content (AvgIpc) is 2.77. The lowest BCUT2D eigenvalue weighted by Gasteiger charge is -2.13. The summed E-state index contributed by atoms with van der Waals surface area (Å²) in [7, 11) is 0. The highest BCUT2D eigenvalue weighted by molar-refractivity contribution is 5.95. The zero-order valence-corrected chi connectivity index (χ0v) is 9.87. The number of carboxylic acid groups (broad SMARTS) is 1. The monoisotopic (exact) mass is 219 g/mol. The van der Waals surface area contributed by atoms with Crippen molar-refractivity contribution >= 4 is 11.7 Å². The smallest absolute Gasteiger partial charge is 0.337 e. The fraction of sp³-hybridized carbons (Fsp3) is 0.462. The van der Waals surface area contributed by atoms with Gasteiger partial charge in [0.1, 0.15) is 0 Å². The van der Waals surface area contributed by atoms with Crippen molar-refractivity contribution in [2.75, 3.05) is 5.32 Å². The highest BCUT2D eigenvalue weighted by Gasteiger charge is 2.46. The molecule has 0 amide bonds. The van der Waals surface area contributed by atoms with Crippen molar-refractivity contribution in [3.05, 3.63) is 29.3 Å². The molecule has 3 nitrogen and oxygen atoms in total. The standard InChI is InChI=1S/C13H17NO2/c1-8-5-4-6-9(12(15)16)11(8)14-10-7-13(10,2)3/h4-6,10,14H,7H2,1-3H3,(H,15,16). The van der Waals surface area contributed by atoms with Crippen LogP contribution < -0.4 is 5.32 Å². The Morgan fingerprint density at radius 3 is 2.62 bits per heavy atom. The van der Waals surface area contributed by atoms with Crippen LogP contribution in [0.3, 0.4) is 0 Å². The molecular formula is C13H17NO2. The number of carbonyl (C=O) groups is 1. The summed E-state index contributed by atoms with van der Waals surface area (Å²) in [4.78, 5) is 11.1. The molecular weight excluding hydrogens is 202 g/mol. The van der Waals surface area contributed by atoms with Gasteiger partial charge in [0.25, 0.3) is 0 Å². The van der Waals surface area contributed by atoms with Gasteiger partial charge in [-0.1, -0.05) is 26.0 Å². The van der Waals surface area contributed by atoms with Gasteiger partial charge < -0.3 is 10.4 Å². The topological polar surface area (TPSA) is 49.3 Å². The third-order valence-corrected chi connectivity index (χ3v) is 3.34. The summed E-state index contributed by atoms with van der Waals surface area (Å²) in [5, 5.41) is 12.5. The van der Waals surface area contributed by atoms with Gasteiger partial charge in [-0.05, 0) is 30.4 Å². The molecule has 86 valence electrons. The molecule has 2 N–H and O–H groups in total. The van der Waals surface area contributed by atoms with Gasteiger partial charge in [-0.2, -0.15) is 0 Å². The Balaban J connectivity index is 2.29. The molecule has 3 heteroatoms. The van der Waals surface area contributed by atoms with Crippen LogP contribution in [-0.2, 0) is 0 Å². The van der Waals surface area contributed by atoms with E-state index in [0.717, 1.165) is 17.7 Å². The lowest BCUT2D eigenvalue weighted by molar-refractivity contribution is 0.0698. The van der Waals surface area contributed by atoms with Crippen LogP contribution in [0.4, 0.5) is 5.69 Å². The number of anilines is 1. The fourth-order valence-corrected chi connectivity index (χ4v) is 1.93. The normalized spacial score (nSPS) is 21.6. The van der Waals surface area contributed by atoms with Crippen LogP contribution in [-0.4, -0.2) is 17.1 Å². The zero-order valence-electron chi connectivity index (χ0n) is 9.87. The Morgan fingerprint density at radius 2 is 2.12 bits per heavy atom. The first-order chi connectivity index (χ1) is 7.42. The van der Waals surface area contributed by atoms with Crippen LogP contribution >= 0.6 is 0 Å². The van der Waals surface area contributed by atoms with Gasteiger partial charge >= 0.3 is 5.97 Å². The first-order valence-electron chi connectivity index (χ1n) is 5.51. The molecule has 1 aliphatic rings. The molecule has 1 unspecified atom stereocenters. The third kappa shape index (κ3) is 1.90. The van der Waals surface area contributed by atoms with E-state index in [-0.39, 0.29) is 5.41 Å². The minimum atomic E-state index is -0.871. The molecule has 0 bridgehead atoms. The Morgan fingerprint density at radius 1 is 1.50 bits per heavy atom. The van der Waals surface area contributed by atoms with Gasteiger partial charge in [-0.3, -0.25) is 0 Å². The third-order valence-electron chi connectivity index (χ3n) is 3.34. The average molecular weight is 219 g/mol. The summed E-state index contributed by atoms with van der Waals surface area (Å²) in [5.41, 5.74) is 2.41. The second kappa shape index (κ2) is 3.51. The second-order valence-corrected chi connectivity index (χ2v) is 5.19. The van der Waals surface area contributed by atoms with Crippen LogP contribution in [0.25, 0.3) is 0 Å². The molecule has 1 fully saturated rings. The molecule has 0 aliphatic heterocycles. The Labute approximate surface area is 95.5 Å². The second-order valence-electron chi connectivity index (χ2n) is 5.19. The highest BCUT2D eigenvalue weighted by Crippen LogP contribution is 2.47. The number of carboxylic acids is 1. The van der Waals surface area contributed by atoms with Gasteiger partial charge in [-0.25, -0.2) is 4.79 Å². The van der Waals surface area contributed by atoms with E-state index in [0.29, 0.717) is 11.6 Å². The quantitative estimate of drug-likeness (QED) is 0.821. The maximum Gasteiger partial charge on any atom is 0.337 e. The number of aromatic carboxylic acids is 1. The van der Waals surface area contributed by atoms with Crippen molar-refractivity contribution in [2.24, 2.45) is 5.41 Å². The van der Waals surface area contributed by atoms with Crippen LogP contribution in [0, 0.1) is 12.3 Å². The summed E-state index contributed by atoms with van der Waals surface area (Å²) in [5.74, 6) is -0.871. The molecule has 1 aromatic carbocycles. The zero-order chi connectivity index (χ0) is 11.9. The maximum atomic E-state index is 11.1. The van der Waals surface area contributed by atoms with Gasteiger partial charge in [0, 0.05) is 6.04 Å². The number of hydrogen-bond acceptors (Lipinski definition) is 2. The summed E-state index contributed by atoms with van der Waals surface area (Å²) in [6.07, 6.45) is 1.10.